The van der Waals surface area contributed by atoms with Crippen LogP contribution in [0, 0.1) is 0 Å². The first kappa shape index (κ1) is 19.8. The molecule has 146 valence electrons. The Balaban J connectivity index is 1.71. The number of rotatable bonds is 7. The van der Waals surface area contributed by atoms with Crippen molar-refractivity contribution in [1.82, 2.24) is 4.90 Å². The molecule has 6 nitrogen and oxygen atoms in total. The summed E-state index contributed by atoms with van der Waals surface area (Å²) in [5.41, 5.74) is 1.46. The molecule has 2 aromatic rings. The first-order valence-electron chi connectivity index (χ1n) is 8.82. The number of hydrogen-bond donors (Lipinski definition) is 0. The van der Waals surface area contributed by atoms with Crippen LogP contribution < -0.4 is 4.74 Å². The van der Waals surface area contributed by atoms with Crippen molar-refractivity contribution >= 4 is 21.5 Å². The van der Waals surface area contributed by atoms with Gasteiger partial charge in [0.15, 0.2) is 22.2 Å². The molecule has 1 heterocycles. The molecule has 0 unspecified atom stereocenters. The van der Waals surface area contributed by atoms with Gasteiger partial charge in [0.25, 0.3) is 5.91 Å². The molecule has 2 aromatic carbocycles. The maximum atomic E-state index is 12.8. The molecule has 0 saturated carbocycles. The van der Waals surface area contributed by atoms with E-state index in [0.717, 1.165) is 11.0 Å². The summed E-state index contributed by atoms with van der Waals surface area (Å²) >= 11 is 0. The van der Waals surface area contributed by atoms with E-state index < -0.39 is 15.9 Å². The number of ether oxygens (including phenoxy) is 1. The normalized spacial score (nSPS) is 17.2. The first-order chi connectivity index (χ1) is 13.3. The third kappa shape index (κ3) is 5.07. The van der Waals surface area contributed by atoms with Gasteiger partial charge in [0.05, 0.1) is 11.8 Å². The molecule has 1 atom stereocenters. The standard InChI is InChI=1S/C21H21NO5S/c1-16(23)18-7-9-20(10-8-18)27-14-21(24)22(13-17-5-3-2-4-6-17)19-11-12-28(25,26)15-19/h2-12,19H,13-15H2,1H3/t19-/m0/s1. The van der Waals surface area contributed by atoms with Gasteiger partial charge in [0, 0.05) is 17.5 Å². The Bertz CT molecular complexity index is 981. The number of ketones is 1. The fourth-order valence-electron chi connectivity index (χ4n) is 2.94. The van der Waals surface area contributed by atoms with Gasteiger partial charge in [0.1, 0.15) is 5.75 Å². The van der Waals surface area contributed by atoms with Crippen molar-refractivity contribution in [3.8, 4) is 5.75 Å². The number of benzene rings is 2. The lowest BCUT2D eigenvalue weighted by atomic mass is 10.1. The Morgan fingerprint density at radius 1 is 1.07 bits per heavy atom. The highest BCUT2D eigenvalue weighted by atomic mass is 32.2. The van der Waals surface area contributed by atoms with Gasteiger partial charge in [-0.2, -0.15) is 0 Å². The van der Waals surface area contributed by atoms with Crippen molar-refractivity contribution in [2.24, 2.45) is 0 Å². The summed E-state index contributed by atoms with van der Waals surface area (Å²) in [6, 6.07) is 15.4. The second kappa shape index (κ2) is 8.39. The number of carbonyl (C=O) groups is 2. The van der Waals surface area contributed by atoms with Crippen LogP contribution in [0.25, 0.3) is 0 Å². The van der Waals surface area contributed by atoms with Gasteiger partial charge < -0.3 is 9.64 Å². The molecule has 0 bridgehead atoms. The van der Waals surface area contributed by atoms with Crippen LogP contribution in [0.2, 0.25) is 0 Å². The zero-order valence-electron chi connectivity index (χ0n) is 15.4. The lowest BCUT2D eigenvalue weighted by Gasteiger charge is -2.27. The van der Waals surface area contributed by atoms with Crippen LogP contribution >= 0.6 is 0 Å². The molecule has 7 heteroatoms. The van der Waals surface area contributed by atoms with Gasteiger partial charge in [0.2, 0.25) is 0 Å². The molecular formula is C21H21NO5S. The fraction of sp³-hybridized carbons (Fsp3) is 0.238. The molecule has 1 amide bonds. The number of sulfone groups is 1. The smallest absolute Gasteiger partial charge is 0.261 e. The van der Waals surface area contributed by atoms with Crippen LogP contribution in [0.15, 0.2) is 66.1 Å². The van der Waals surface area contributed by atoms with Gasteiger partial charge in [-0.1, -0.05) is 30.3 Å². The summed E-state index contributed by atoms with van der Waals surface area (Å²) < 4.78 is 29.2. The maximum Gasteiger partial charge on any atom is 0.261 e. The van der Waals surface area contributed by atoms with E-state index in [1.54, 1.807) is 24.3 Å². The van der Waals surface area contributed by atoms with E-state index in [-0.39, 0.29) is 30.6 Å². The highest BCUT2D eigenvalue weighted by Crippen LogP contribution is 2.19. The lowest BCUT2D eigenvalue weighted by molar-refractivity contribution is -0.135. The van der Waals surface area contributed by atoms with Crippen LogP contribution in [-0.4, -0.2) is 43.4 Å². The van der Waals surface area contributed by atoms with Gasteiger partial charge in [-0.3, -0.25) is 9.59 Å². The fourth-order valence-corrected chi connectivity index (χ4v) is 4.24. The van der Waals surface area contributed by atoms with E-state index in [2.05, 4.69) is 0 Å². The Labute approximate surface area is 164 Å². The third-order valence-electron chi connectivity index (χ3n) is 4.45. The van der Waals surface area contributed by atoms with Gasteiger partial charge in [-0.05, 0) is 42.8 Å². The maximum absolute atomic E-state index is 12.8. The molecule has 1 aliphatic rings. The number of Topliss-reactive ketones (excluding diaryl/α,β-unsaturated/α-hetero) is 1. The van der Waals surface area contributed by atoms with Crippen molar-refractivity contribution in [1.29, 1.82) is 0 Å². The lowest BCUT2D eigenvalue weighted by Crippen LogP contribution is -2.42. The molecular weight excluding hydrogens is 378 g/mol. The minimum absolute atomic E-state index is 0.0501. The third-order valence-corrected chi connectivity index (χ3v) is 5.83. The van der Waals surface area contributed by atoms with Gasteiger partial charge in [-0.25, -0.2) is 8.42 Å². The summed E-state index contributed by atoms with van der Waals surface area (Å²) in [4.78, 5) is 25.7. The van der Waals surface area contributed by atoms with Crippen molar-refractivity contribution in [2.75, 3.05) is 12.4 Å². The van der Waals surface area contributed by atoms with E-state index in [0.29, 0.717) is 11.3 Å². The SMILES string of the molecule is CC(=O)c1ccc(OCC(=O)N(Cc2ccccc2)[C@H]2C=CS(=O)(=O)C2)cc1. The highest BCUT2D eigenvalue weighted by Gasteiger charge is 2.30. The average molecular weight is 399 g/mol. The molecule has 0 fully saturated rings. The van der Waals surface area contributed by atoms with E-state index in [9.17, 15) is 18.0 Å². The molecule has 0 N–H and O–H groups in total. The van der Waals surface area contributed by atoms with Crippen LogP contribution in [0.4, 0.5) is 0 Å². The van der Waals surface area contributed by atoms with Crippen LogP contribution in [-0.2, 0) is 21.2 Å². The van der Waals surface area contributed by atoms with Gasteiger partial charge >= 0.3 is 0 Å². The Morgan fingerprint density at radius 3 is 2.32 bits per heavy atom. The summed E-state index contributed by atoms with van der Waals surface area (Å²) in [7, 11) is -3.29. The number of amides is 1. The molecule has 0 aromatic heterocycles. The minimum Gasteiger partial charge on any atom is -0.484 e. The quantitative estimate of drug-likeness (QED) is 0.669. The van der Waals surface area contributed by atoms with E-state index in [1.807, 2.05) is 30.3 Å². The second-order valence-electron chi connectivity index (χ2n) is 6.60. The molecule has 0 radical (unpaired) electrons. The van der Waals surface area contributed by atoms with Crippen molar-refractivity contribution < 1.29 is 22.7 Å². The predicted octanol–water partition coefficient (Wildman–Crippen LogP) is 2.61. The van der Waals surface area contributed by atoms with Crippen LogP contribution in [0.1, 0.15) is 22.8 Å². The van der Waals surface area contributed by atoms with Gasteiger partial charge in [-0.15, -0.1) is 0 Å². The van der Waals surface area contributed by atoms with E-state index >= 15 is 0 Å². The number of nitrogens with zero attached hydrogens (tertiary/aromatic N) is 1. The molecule has 0 spiro atoms. The largest absolute Gasteiger partial charge is 0.484 e. The molecule has 1 aliphatic heterocycles. The Kier molecular flexibility index (Phi) is 5.94. The minimum atomic E-state index is -3.29. The topological polar surface area (TPSA) is 80.8 Å². The van der Waals surface area contributed by atoms with Crippen molar-refractivity contribution in [3.05, 3.63) is 77.2 Å². The first-order valence-corrected chi connectivity index (χ1v) is 10.5. The van der Waals surface area contributed by atoms with Crippen molar-refractivity contribution in [2.45, 2.75) is 19.5 Å². The molecule has 0 aliphatic carbocycles. The monoisotopic (exact) mass is 399 g/mol. The van der Waals surface area contributed by atoms with E-state index in [4.69, 9.17) is 4.74 Å². The summed E-state index contributed by atoms with van der Waals surface area (Å²) in [5, 5.41) is 1.16. The molecule has 3 rings (SSSR count). The predicted molar refractivity (Wildman–Crippen MR) is 106 cm³/mol. The molecule has 0 saturated heterocycles. The van der Waals surface area contributed by atoms with E-state index in [1.165, 1.54) is 17.9 Å². The Hall–Kier alpha value is -2.93. The molecule has 28 heavy (non-hydrogen) atoms. The summed E-state index contributed by atoms with van der Waals surface area (Å²) in [6.45, 7) is 1.54. The summed E-state index contributed by atoms with van der Waals surface area (Å²) in [5.74, 6) is -0.0245. The van der Waals surface area contributed by atoms with Crippen molar-refractivity contribution in [3.63, 3.8) is 0 Å². The zero-order valence-corrected chi connectivity index (χ0v) is 16.3. The average Bonchev–Trinajstić information content (AvgIpc) is 3.04. The zero-order chi connectivity index (χ0) is 20.1. The Morgan fingerprint density at radius 2 is 1.75 bits per heavy atom. The number of carbonyl (C=O) groups excluding carboxylic acids is 2. The second-order valence-corrected chi connectivity index (χ2v) is 8.53. The highest BCUT2D eigenvalue weighted by molar-refractivity contribution is 7.94. The summed E-state index contributed by atoms with van der Waals surface area (Å²) in [6.07, 6.45) is 1.54. The number of hydrogen-bond acceptors (Lipinski definition) is 5. The van der Waals surface area contributed by atoms with Crippen LogP contribution in [0.5, 0.6) is 5.75 Å². The van der Waals surface area contributed by atoms with Crippen LogP contribution in [0.3, 0.4) is 0 Å².